The van der Waals surface area contributed by atoms with Crippen LogP contribution in [0.2, 0.25) is 0 Å². The Balaban J connectivity index is 2.78. The maximum Gasteiger partial charge on any atom is 0.407 e. The van der Waals surface area contributed by atoms with E-state index in [1.807, 2.05) is 26.8 Å². The molecule has 1 rings (SSSR count). The van der Waals surface area contributed by atoms with E-state index >= 15 is 0 Å². The van der Waals surface area contributed by atoms with Crippen molar-refractivity contribution < 1.29 is 23.7 Å². The predicted molar refractivity (Wildman–Crippen MR) is 89.4 cm³/mol. The van der Waals surface area contributed by atoms with Gasteiger partial charge in [0.15, 0.2) is 0 Å². The van der Waals surface area contributed by atoms with Crippen LogP contribution in [0.15, 0.2) is 18.2 Å². The number of ether oxygens (including phenoxy) is 4. The third-order valence-electron chi connectivity index (χ3n) is 2.80. The van der Waals surface area contributed by atoms with Crippen LogP contribution >= 0.6 is 0 Å². The first-order chi connectivity index (χ1) is 10.8. The molecule has 0 atom stereocenters. The van der Waals surface area contributed by atoms with Crippen LogP contribution in [0.3, 0.4) is 0 Å². The minimum Gasteiger partial charge on any atom is -0.496 e. The number of methoxy groups -OCH3 is 3. The van der Waals surface area contributed by atoms with Crippen molar-refractivity contribution in [2.24, 2.45) is 0 Å². The highest BCUT2D eigenvalue weighted by molar-refractivity contribution is 5.69. The molecule has 0 fully saturated rings. The second kappa shape index (κ2) is 8.31. The van der Waals surface area contributed by atoms with E-state index in [2.05, 4.69) is 5.32 Å². The minimum atomic E-state index is -0.518. The predicted octanol–water partition coefficient (Wildman–Crippen LogP) is 3.25. The first-order valence-corrected chi connectivity index (χ1v) is 7.24. The van der Waals surface area contributed by atoms with Crippen molar-refractivity contribution in [1.82, 2.24) is 5.32 Å². The van der Waals surface area contributed by atoms with Crippen molar-refractivity contribution in [3.63, 3.8) is 0 Å². The molecule has 1 aromatic rings. The second-order valence-electron chi connectivity index (χ2n) is 5.73. The number of carbonyl (C=O) groups excluding carboxylic acids is 1. The first kappa shape index (κ1) is 18.7. The van der Waals surface area contributed by atoms with Gasteiger partial charge in [-0.05, 0) is 26.8 Å². The van der Waals surface area contributed by atoms with E-state index in [1.165, 1.54) is 0 Å². The molecule has 0 spiro atoms. The van der Waals surface area contributed by atoms with Gasteiger partial charge in [-0.3, -0.25) is 0 Å². The van der Waals surface area contributed by atoms with E-state index in [4.69, 9.17) is 18.9 Å². The molecule has 0 bridgehead atoms. The maximum absolute atomic E-state index is 11.6. The summed E-state index contributed by atoms with van der Waals surface area (Å²) < 4.78 is 21.1. The number of rotatable bonds is 6. The molecule has 6 heteroatoms. The molecule has 0 aromatic heterocycles. The summed E-state index contributed by atoms with van der Waals surface area (Å²) in [6, 6.07) is 3.53. The molecule has 0 heterocycles. The summed E-state index contributed by atoms with van der Waals surface area (Å²) >= 11 is 0. The third kappa shape index (κ3) is 6.10. The van der Waals surface area contributed by atoms with Gasteiger partial charge in [0, 0.05) is 18.7 Å². The van der Waals surface area contributed by atoms with E-state index < -0.39 is 11.7 Å². The number of nitrogens with one attached hydrogen (secondary N) is 1. The number of hydrogen-bond donors (Lipinski definition) is 1. The lowest BCUT2D eigenvalue weighted by Crippen LogP contribution is -2.32. The molecule has 128 valence electrons. The normalized spacial score (nSPS) is 11.2. The zero-order chi connectivity index (χ0) is 17.5. The molecular formula is C17H25NO5. The summed E-state index contributed by atoms with van der Waals surface area (Å²) in [7, 11) is 4.73. The number of alkyl carbamates (subject to hydrolysis) is 1. The third-order valence-corrected chi connectivity index (χ3v) is 2.80. The van der Waals surface area contributed by atoms with Crippen molar-refractivity contribution in [1.29, 1.82) is 0 Å². The summed E-state index contributed by atoms with van der Waals surface area (Å²) in [6.07, 6.45) is 3.14. The Kier molecular flexibility index (Phi) is 6.75. The molecule has 0 radical (unpaired) electrons. The fourth-order valence-electron chi connectivity index (χ4n) is 1.83. The summed E-state index contributed by atoms with van der Waals surface area (Å²) in [4.78, 5) is 11.6. The lowest BCUT2D eigenvalue weighted by molar-refractivity contribution is 0.0534. The number of carbonyl (C=O) groups is 1. The Hall–Kier alpha value is -2.37. The molecular weight excluding hydrogens is 298 g/mol. The Labute approximate surface area is 137 Å². The number of amides is 1. The van der Waals surface area contributed by atoms with Gasteiger partial charge in [-0.2, -0.15) is 0 Å². The number of benzene rings is 1. The summed E-state index contributed by atoms with van der Waals surface area (Å²) in [5.74, 6) is 1.88. The van der Waals surface area contributed by atoms with Crippen molar-refractivity contribution in [3.8, 4) is 17.2 Å². The van der Waals surface area contributed by atoms with E-state index in [1.54, 1.807) is 39.5 Å². The molecule has 1 amide bonds. The summed E-state index contributed by atoms with van der Waals surface area (Å²) in [5, 5.41) is 2.65. The highest BCUT2D eigenvalue weighted by atomic mass is 16.6. The molecule has 1 N–H and O–H groups in total. The fourth-order valence-corrected chi connectivity index (χ4v) is 1.83. The van der Waals surface area contributed by atoms with Crippen LogP contribution in [0.1, 0.15) is 26.3 Å². The van der Waals surface area contributed by atoms with Gasteiger partial charge in [0.25, 0.3) is 0 Å². The van der Waals surface area contributed by atoms with Crippen molar-refractivity contribution in [2.45, 2.75) is 26.4 Å². The molecule has 0 aliphatic heterocycles. The molecule has 0 aliphatic carbocycles. The van der Waals surface area contributed by atoms with Crippen LogP contribution in [0.25, 0.3) is 6.08 Å². The lowest BCUT2D eigenvalue weighted by Gasteiger charge is -2.19. The summed E-state index contributed by atoms with van der Waals surface area (Å²) in [5.41, 5.74) is 0.248. The molecule has 0 unspecified atom stereocenters. The molecule has 0 saturated carbocycles. The van der Waals surface area contributed by atoms with Crippen molar-refractivity contribution in [3.05, 3.63) is 23.8 Å². The first-order valence-electron chi connectivity index (χ1n) is 7.24. The largest absolute Gasteiger partial charge is 0.496 e. The summed E-state index contributed by atoms with van der Waals surface area (Å²) in [6.45, 7) is 5.77. The average Bonchev–Trinajstić information content (AvgIpc) is 2.49. The monoisotopic (exact) mass is 323 g/mol. The Morgan fingerprint density at radius 1 is 1.09 bits per heavy atom. The van der Waals surface area contributed by atoms with Crippen LogP contribution in [0.4, 0.5) is 4.79 Å². The van der Waals surface area contributed by atoms with Gasteiger partial charge in [-0.25, -0.2) is 4.79 Å². The van der Waals surface area contributed by atoms with E-state index in [9.17, 15) is 4.79 Å². The lowest BCUT2D eigenvalue weighted by atomic mass is 10.1. The molecule has 1 aromatic carbocycles. The van der Waals surface area contributed by atoms with Gasteiger partial charge in [0.05, 0.1) is 26.9 Å². The van der Waals surface area contributed by atoms with Gasteiger partial charge in [0.2, 0.25) is 0 Å². The standard InChI is InChI=1S/C17H25NO5/c1-17(2,3)23-16(19)18-9-7-8-13-14(21-5)10-12(20-4)11-15(13)22-6/h7-8,10-11H,9H2,1-6H3,(H,18,19). The van der Waals surface area contributed by atoms with E-state index in [0.29, 0.717) is 23.8 Å². The quantitative estimate of drug-likeness (QED) is 0.870. The average molecular weight is 323 g/mol. The van der Waals surface area contributed by atoms with Crippen LogP contribution < -0.4 is 19.5 Å². The highest BCUT2D eigenvalue weighted by Crippen LogP contribution is 2.34. The van der Waals surface area contributed by atoms with Gasteiger partial charge in [-0.15, -0.1) is 0 Å². The fraction of sp³-hybridized carbons (Fsp3) is 0.471. The maximum atomic E-state index is 11.6. The van der Waals surface area contributed by atoms with Crippen LogP contribution in [0, 0.1) is 0 Å². The minimum absolute atomic E-state index is 0.327. The Bertz CT molecular complexity index is 536. The topological polar surface area (TPSA) is 66.0 Å². The van der Waals surface area contributed by atoms with Gasteiger partial charge in [-0.1, -0.05) is 6.08 Å². The zero-order valence-electron chi connectivity index (χ0n) is 14.6. The van der Waals surface area contributed by atoms with Crippen LogP contribution in [-0.4, -0.2) is 39.6 Å². The van der Waals surface area contributed by atoms with Crippen molar-refractivity contribution >= 4 is 12.2 Å². The zero-order valence-corrected chi connectivity index (χ0v) is 14.6. The van der Waals surface area contributed by atoms with Crippen molar-refractivity contribution in [2.75, 3.05) is 27.9 Å². The molecule has 23 heavy (non-hydrogen) atoms. The van der Waals surface area contributed by atoms with Crippen LogP contribution in [0.5, 0.6) is 17.2 Å². The van der Waals surface area contributed by atoms with Gasteiger partial charge >= 0.3 is 6.09 Å². The Morgan fingerprint density at radius 2 is 1.65 bits per heavy atom. The number of hydrogen-bond acceptors (Lipinski definition) is 5. The second-order valence-corrected chi connectivity index (χ2v) is 5.73. The van der Waals surface area contributed by atoms with E-state index in [-0.39, 0.29) is 0 Å². The van der Waals surface area contributed by atoms with Crippen LogP contribution in [-0.2, 0) is 4.74 Å². The molecule has 0 aliphatic rings. The SMILES string of the molecule is COc1cc(OC)c(C=CCNC(=O)OC(C)(C)C)c(OC)c1. The highest BCUT2D eigenvalue weighted by Gasteiger charge is 2.15. The van der Waals surface area contributed by atoms with Gasteiger partial charge < -0.3 is 24.3 Å². The Morgan fingerprint density at radius 3 is 2.09 bits per heavy atom. The smallest absolute Gasteiger partial charge is 0.407 e. The van der Waals surface area contributed by atoms with E-state index in [0.717, 1.165) is 5.56 Å². The molecule has 6 nitrogen and oxygen atoms in total. The van der Waals surface area contributed by atoms with Gasteiger partial charge in [0.1, 0.15) is 22.8 Å². The molecule has 0 saturated heterocycles.